The van der Waals surface area contributed by atoms with Gasteiger partial charge in [0.05, 0.1) is 23.7 Å². The van der Waals surface area contributed by atoms with E-state index in [9.17, 15) is 9.59 Å². The predicted octanol–water partition coefficient (Wildman–Crippen LogP) is 5.74. The van der Waals surface area contributed by atoms with Crippen molar-refractivity contribution in [1.29, 1.82) is 0 Å². The van der Waals surface area contributed by atoms with Gasteiger partial charge in [-0.25, -0.2) is 14.1 Å². The van der Waals surface area contributed by atoms with Crippen LogP contribution in [0.1, 0.15) is 46.8 Å². The molecule has 1 N–H and O–H groups in total. The van der Waals surface area contributed by atoms with Gasteiger partial charge in [0.2, 0.25) is 0 Å². The number of nitrogens with zero attached hydrogens (tertiary/aromatic N) is 3. The minimum atomic E-state index is -1.35. The van der Waals surface area contributed by atoms with E-state index in [1.807, 2.05) is 37.4 Å². The second-order valence-corrected chi connectivity index (χ2v) is 10.0. The van der Waals surface area contributed by atoms with E-state index in [-0.39, 0.29) is 28.2 Å². The third-order valence-electron chi connectivity index (χ3n) is 7.81. The van der Waals surface area contributed by atoms with Crippen LogP contribution in [0.4, 0.5) is 10.5 Å². The lowest BCUT2D eigenvalue weighted by molar-refractivity contribution is -0.887. The van der Waals surface area contributed by atoms with Gasteiger partial charge in [-0.05, 0) is 48.4 Å². The number of quaternary nitrogens is 1. The van der Waals surface area contributed by atoms with E-state index in [2.05, 4.69) is 9.88 Å². The average Bonchev–Trinajstić information content (AvgIpc) is 3.32. The molecule has 186 valence electrons. The fourth-order valence-corrected chi connectivity index (χ4v) is 6.17. The molecule has 0 spiro atoms. The van der Waals surface area contributed by atoms with Gasteiger partial charge in [0.25, 0.3) is 0 Å². The number of benzene rings is 2. The molecule has 0 bridgehead atoms. The van der Waals surface area contributed by atoms with Crippen LogP contribution >= 0.6 is 11.6 Å². The average molecular weight is 507 g/mol. The van der Waals surface area contributed by atoms with Gasteiger partial charge in [-0.2, -0.15) is 0 Å². The number of aryl methyl sites for hydroxylation is 1. The Morgan fingerprint density at radius 1 is 1.06 bits per heavy atom. The number of anilines is 1. The second kappa shape index (κ2) is 9.91. The molecule has 5 rings (SSSR count). The van der Waals surface area contributed by atoms with E-state index in [0.717, 1.165) is 55.6 Å². The second-order valence-electron chi connectivity index (χ2n) is 9.64. The summed E-state index contributed by atoms with van der Waals surface area (Å²) in [5.74, 6) is 0.266. The molecule has 1 unspecified atom stereocenters. The number of carbonyl (C=O) groups is 2. The van der Waals surface area contributed by atoms with Crippen LogP contribution in [0.3, 0.4) is 0 Å². The summed E-state index contributed by atoms with van der Waals surface area (Å²) in [7, 11) is 2.03. The zero-order valence-corrected chi connectivity index (χ0v) is 20.9. The number of piperidine rings is 1. The Hall–Kier alpha value is -3.42. The standard InChI is InChI=1S/C28H28ClN3O4/c1-32(27(33)23-4-2-3-5-25(23)29,21-12-16-31(17-13-21)20-10-14-30-15-11-20)26-9-7-19-6-8-22(18-24(19)26)36-28(34)35/h2-6,8,10-11,14-15,18,21,26H,7,9,12-13,16-17H2,1H3/p+1/t26-,32?/m0/s1. The molecule has 3 aromatic rings. The monoisotopic (exact) mass is 506 g/mol. The van der Waals surface area contributed by atoms with E-state index in [1.54, 1.807) is 36.7 Å². The summed E-state index contributed by atoms with van der Waals surface area (Å²) in [5, 5.41) is 9.57. The first-order chi connectivity index (χ1) is 17.4. The zero-order valence-electron chi connectivity index (χ0n) is 20.1. The maximum atomic E-state index is 14.3. The van der Waals surface area contributed by atoms with Crippen molar-refractivity contribution in [2.75, 3.05) is 25.0 Å². The van der Waals surface area contributed by atoms with Crippen LogP contribution in [-0.2, 0) is 6.42 Å². The van der Waals surface area contributed by atoms with E-state index < -0.39 is 6.16 Å². The smallest absolute Gasteiger partial charge is 0.449 e. The quantitative estimate of drug-likeness (QED) is 0.270. The molecule has 8 heteroatoms. The van der Waals surface area contributed by atoms with Crippen LogP contribution in [0, 0.1) is 0 Å². The van der Waals surface area contributed by atoms with Crippen molar-refractivity contribution in [1.82, 2.24) is 4.98 Å². The van der Waals surface area contributed by atoms with E-state index in [0.29, 0.717) is 10.6 Å². The Morgan fingerprint density at radius 2 is 1.78 bits per heavy atom. The Balaban J connectivity index is 1.52. The minimum Gasteiger partial charge on any atom is -0.449 e. The highest BCUT2D eigenvalue weighted by Gasteiger charge is 2.51. The van der Waals surface area contributed by atoms with Gasteiger partial charge in [0.15, 0.2) is 0 Å². The zero-order chi connectivity index (χ0) is 25.3. The number of hydrogen-bond acceptors (Lipinski definition) is 5. The molecule has 1 saturated heterocycles. The van der Waals surface area contributed by atoms with E-state index in [1.165, 1.54) is 0 Å². The SMILES string of the molecule is C[N+](C(=O)c1ccccc1Cl)(C1CCN(c2ccncc2)CC1)[C@H]1CCc2ccc(OC(=O)O)cc21. The van der Waals surface area contributed by atoms with Crippen LogP contribution < -0.4 is 9.64 Å². The molecule has 2 atom stereocenters. The molecular formula is C28H29ClN3O4+. The van der Waals surface area contributed by atoms with Gasteiger partial charge in [-0.1, -0.05) is 29.8 Å². The molecule has 1 amide bonds. The highest BCUT2D eigenvalue weighted by Crippen LogP contribution is 2.46. The topological polar surface area (TPSA) is 79.7 Å². The molecule has 1 aliphatic heterocycles. The summed E-state index contributed by atoms with van der Waals surface area (Å²) < 4.78 is 5.16. The van der Waals surface area contributed by atoms with Crippen LogP contribution in [0.5, 0.6) is 5.75 Å². The lowest BCUT2D eigenvalue weighted by Crippen LogP contribution is -2.60. The maximum absolute atomic E-state index is 14.3. The maximum Gasteiger partial charge on any atom is 0.511 e. The molecular weight excluding hydrogens is 478 g/mol. The number of ether oxygens (including phenoxy) is 1. The van der Waals surface area contributed by atoms with Crippen LogP contribution in [0.2, 0.25) is 5.02 Å². The number of carboxylic acid groups (broad SMARTS) is 1. The fraction of sp³-hybridized carbons (Fsp3) is 0.321. The molecule has 2 aromatic carbocycles. The van der Waals surface area contributed by atoms with Gasteiger partial charge in [0, 0.05) is 56.0 Å². The van der Waals surface area contributed by atoms with Gasteiger partial charge in [0.1, 0.15) is 11.8 Å². The number of halogens is 1. The fourth-order valence-electron chi connectivity index (χ4n) is 5.95. The minimum absolute atomic E-state index is 0.00892. The highest BCUT2D eigenvalue weighted by atomic mass is 35.5. The number of rotatable bonds is 5. The first kappa shape index (κ1) is 24.3. The van der Waals surface area contributed by atoms with Crippen molar-refractivity contribution < 1.29 is 23.9 Å². The van der Waals surface area contributed by atoms with Gasteiger partial charge in [-0.15, -0.1) is 0 Å². The molecule has 7 nitrogen and oxygen atoms in total. The number of amides is 1. The molecule has 2 heterocycles. The Kier molecular flexibility index (Phi) is 6.69. The van der Waals surface area contributed by atoms with Crippen molar-refractivity contribution in [2.24, 2.45) is 0 Å². The summed E-state index contributed by atoms with van der Waals surface area (Å²) in [6.45, 7) is 1.67. The van der Waals surface area contributed by atoms with Gasteiger partial charge < -0.3 is 14.7 Å². The summed E-state index contributed by atoms with van der Waals surface area (Å²) in [4.78, 5) is 32.0. The van der Waals surface area contributed by atoms with Crippen LogP contribution in [0.15, 0.2) is 67.0 Å². The Labute approximate surface area is 215 Å². The molecule has 36 heavy (non-hydrogen) atoms. The van der Waals surface area contributed by atoms with Crippen LogP contribution in [0.25, 0.3) is 0 Å². The number of pyridine rings is 1. The largest absolute Gasteiger partial charge is 0.511 e. The van der Waals surface area contributed by atoms with Crippen molar-refractivity contribution in [3.63, 3.8) is 0 Å². The molecule has 1 aromatic heterocycles. The van der Waals surface area contributed by atoms with Crippen LogP contribution in [-0.4, -0.2) is 52.8 Å². The number of carbonyl (C=O) groups excluding carboxylic acids is 1. The number of aromatic nitrogens is 1. The first-order valence-electron chi connectivity index (χ1n) is 12.2. The summed E-state index contributed by atoms with van der Waals surface area (Å²) >= 11 is 6.53. The van der Waals surface area contributed by atoms with Crippen molar-refractivity contribution in [3.8, 4) is 5.75 Å². The van der Waals surface area contributed by atoms with E-state index >= 15 is 0 Å². The van der Waals surface area contributed by atoms with Crippen molar-refractivity contribution >= 4 is 29.4 Å². The third-order valence-corrected chi connectivity index (χ3v) is 8.14. The van der Waals surface area contributed by atoms with Crippen molar-refractivity contribution in [2.45, 2.75) is 37.8 Å². The molecule has 2 aliphatic rings. The Morgan fingerprint density at radius 3 is 2.47 bits per heavy atom. The molecule has 0 radical (unpaired) electrons. The predicted molar refractivity (Wildman–Crippen MR) is 138 cm³/mol. The van der Waals surface area contributed by atoms with Gasteiger partial charge in [-0.3, -0.25) is 4.98 Å². The summed E-state index contributed by atoms with van der Waals surface area (Å²) in [6.07, 6.45) is 5.55. The van der Waals surface area contributed by atoms with E-state index in [4.69, 9.17) is 21.4 Å². The number of fused-ring (bicyclic) bond motifs is 1. The number of hydrogen-bond donors (Lipinski definition) is 1. The third kappa shape index (κ3) is 4.45. The van der Waals surface area contributed by atoms with Gasteiger partial charge >= 0.3 is 12.1 Å². The molecule has 1 fully saturated rings. The highest BCUT2D eigenvalue weighted by molar-refractivity contribution is 6.33. The molecule has 0 saturated carbocycles. The Bertz CT molecular complexity index is 1280. The normalized spacial score (nSPS) is 19.4. The summed E-state index contributed by atoms with van der Waals surface area (Å²) in [6, 6.07) is 16.6. The molecule has 1 aliphatic carbocycles. The van der Waals surface area contributed by atoms with Crippen molar-refractivity contribution in [3.05, 3.63) is 88.7 Å². The lowest BCUT2D eigenvalue weighted by atomic mass is 9.93. The first-order valence-corrected chi connectivity index (χ1v) is 12.6. The lowest BCUT2D eigenvalue weighted by Gasteiger charge is -2.47. The summed E-state index contributed by atoms with van der Waals surface area (Å²) in [5.41, 5.74) is 3.76.